The molecule has 0 fully saturated rings. The molecule has 32 heavy (non-hydrogen) atoms. The highest BCUT2D eigenvalue weighted by Crippen LogP contribution is 2.22. The van der Waals surface area contributed by atoms with Gasteiger partial charge in [-0.2, -0.15) is 5.10 Å². The van der Waals surface area contributed by atoms with E-state index in [1.807, 2.05) is 109 Å². The first kappa shape index (κ1) is 20.9. The Balaban J connectivity index is 1.25. The Labute approximate surface area is 187 Å². The second kappa shape index (κ2) is 10.6. The van der Waals surface area contributed by atoms with Crippen molar-refractivity contribution in [3.05, 3.63) is 115 Å². The van der Waals surface area contributed by atoms with Crippen LogP contribution in [0.5, 0.6) is 17.2 Å². The summed E-state index contributed by atoms with van der Waals surface area (Å²) >= 11 is 0. The largest absolute Gasteiger partial charge is 0.484 e. The Bertz CT molecular complexity index is 1170. The van der Waals surface area contributed by atoms with Crippen LogP contribution >= 0.6 is 0 Å². The number of nitrogens with one attached hydrogen (secondary N) is 1. The topological polar surface area (TPSA) is 59.9 Å². The Morgan fingerprint density at radius 1 is 0.719 bits per heavy atom. The molecule has 0 saturated carbocycles. The highest BCUT2D eigenvalue weighted by molar-refractivity contribution is 5.83. The van der Waals surface area contributed by atoms with Crippen LogP contribution in [0, 0.1) is 0 Å². The molecule has 4 aromatic carbocycles. The SMILES string of the molecule is O=C(COc1ccc(-c2ccccc2)cc1)NN=Cc1cccc(Oc2ccccc2)c1. The predicted octanol–water partition coefficient (Wildman–Crippen LogP) is 5.68. The van der Waals surface area contributed by atoms with Gasteiger partial charge in [0.1, 0.15) is 17.2 Å². The Kier molecular flexibility index (Phi) is 6.91. The fourth-order valence-corrected chi connectivity index (χ4v) is 3.02. The third kappa shape index (κ3) is 6.06. The zero-order valence-electron chi connectivity index (χ0n) is 17.3. The number of hydrazone groups is 1. The Hall–Kier alpha value is -4.38. The monoisotopic (exact) mass is 422 g/mol. The van der Waals surface area contributed by atoms with Gasteiger partial charge in [0.05, 0.1) is 6.21 Å². The van der Waals surface area contributed by atoms with Gasteiger partial charge >= 0.3 is 0 Å². The third-order valence-corrected chi connectivity index (χ3v) is 4.57. The fourth-order valence-electron chi connectivity index (χ4n) is 3.02. The summed E-state index contributed by atoms with van der Waals surface area (Å²) in [4.78, 5) is 12.0. The Morgan fingerprint density at radius 2 is 1.38 bits per heavy atom. The molecule has 0 aromatic heterocycles. The van der Waals surface area contributed by atoms with Crippen molar-refractivity contribution in [3.8, 4) is 28.4 Å². The molecule has 0 heterocycles. The predicted molar refractivity (Wildman–Crippen MR) is 126 cm³/mol. The summed E-state index contributed by atoms with van der Waals surface area (Å²) in [6, 6.07) is 34.7. The van der Waals surface area contributed by atoms with Crippen LogP contribution < -0.4 is 14.9 Å². The van der Waals surface area contributed by atoms with E-state index in [0.717, 1.165) is 22.4 Å². The average Bonchev–Trinajstić information content (AvgIpc) is 2.85. The first-order valence-electron chi connectivity index (χ1n) is 10.2. The number of amides is 1. The third-order valence-electron chi connectivity index (χ3n) is 4.57. The first-order valence-corrected chi connectivity index (χ1v) is 10.2. The molecule has 0 saturated heterocycles. The summed E-state index contributed by atoms with van der Waals surface area (Å²) < 4.78 is 11.3. The first-order chi connectivity index (χ1) is 15.8. The molecular weight excluding hydrogens is 400 g/mol. The lowest BCUT2D eigenvalue weighted by Gasteiger charge is -2.07. The molecule has 0 spiro atoms. The van der Waals surface area contributed by atoms with E-state index in [9.17, 15) is 4.79 Å². The van der Waals surface area contributed by atoms with Crippen molar-refractivity contribution in [3.63, 3.8) is 0 Å². The number of ether oxygens (including phenoxy) is 2. The molecule has 0 radical (unpaired) electrons. The summed E-state index contributed by atoms with van der Waals surface area (Å²) in [6.45, 7) is -0.126. The van der Waals surface area contributed by atoms with Crippen molar-refractivity contribution in [1.29, 1.82) is 0 Å². The van der Waals surface area contributed by atoms with Crippen LogP contribution in [-0.4, -0.2) is 18.7 Å². The van der Waals surface area contributed by atoms with E-state index in [0.29, 0.717) is 11.5 Å². The zero-order valence-corrected chi connectivity index (χ0v) is 17.3. The van der Waals surface area contributed by atoms with E-state index in [-0.39, 0.29) is 12.5 Å². The number of carbonyl (C=O) groups is 1. The normalized spacial score (nSPS) is 10.6. The number of hydrogen-bond acceptors (Lipinski definition) is 4. The molecule has 0 bridgehead atoms. The minimum Gasteiger partial charge on any atom is -0.484 e. The van der Waals surface area contributed by atoms with Crippen molar-refractivity contribution in [2.24, 2.45) is 5.10 Å². The van der Waals surface area contributed by atoms with E-state index >= 15 is 0 Å². The van der Waals surface area contributed by atoms with Crippen molar-refractivity contribution in [2.45, 2.75) is 0 Å². The van der Waals surface area contributed by atoms with E-state index in [1.165, 1.54) is 0 Å². The van der Waals surface area contributed by atoms with E-state index in [1.54, 1.807) is 6.21 Å². The maximum absolute atomic E-state index is 12.0. The molecule has 1 amide bonds. The molecule has 158 valence electrons. The van der Waals surface area contributed by atoms with Gasteiger partial charge in [-0.1, -0.05) is 72.8 Å². The molecular formula is C27H22N2O3. The lowest BCUT2D eigenvalue weighted by atomic mass is 10.1. The van der Waals surface area contributed by atoms with Gasteiger partial charge in [-0.25, -0.2) is 5.43 Å². The van der Waals surface area contributed by atoms with Gasteiger partial charge < -0.3 is 9.47 Å². The summed E-state index contributed by atoms with van der Waals surface area (Å²) in [5.41, 5.74) is 5.49. The van der Waals surface area contributed by atoms with Crippen LogP contribution in [0.1, 0.15) is 5.56 Å². The lowest BCUT2D eigenvalue weighted by Crippen LogP contribution is -2.24. The van der Waals surface area contributed by atoms with E-state index in [4.69, 9.17) is 9.47 Å². The van der Waals surface area contributed by atoms with E-state index < -0.39 is 0 Å². The molecule has 5 heteroatoms. The maximum Gasteiger partial charge on any atom is 0.277 e. The molecule has 4 rings (SSSR count). The van der Waals surface area contributed by atoms with Gasteiger partial charge in [0.15, 0.2) is 6.61 Å². The van der Waals surface area contributed by atoms with Gasteiger partial charge in [0, 0.05) is 0 Å². The van der Waals surface area contributed by atoms with Crippen molar-refractivity contribution >= 4 is 12.1 Å². The fraction of sp³-hybridized carbons (Fsp3) is 0.0370. The summed E-state index contributed by atoms with van der Waals surface area (Å²) in [7, 11) is 0. The molecule has 0 aliphatic heterocycles. The van der Waals surface area contributed by atoms with Crippen LogP contribution in [0.15, 0.2) is 114 Å². The molecule has 5 nitrogen and oxygen atoms in total. The lowest BCUT2D eigenvalue weighted by molar-refractivity contribution is -0.123. The highest BCUT2D eigenvalue weighted by Gasteiger charge is 2.03. The van der Waals surface area contributed by atoms with Crippen LogP contribution in [0.3, 0.4) is 0 Å². The number of benzene rings is 4. The summed E-state index contributed by atoms with van der Waals surface area (Å²) in [6.07, 6.45) is 1.56. The van der Waals surface area contributed by atoms with Crippen molar-refractivity contribution in [2.75, 3.05) is 6.61 Å². The van der Waals surface area contributed by atoms with Crippen molar-refractivity contribution < 1.29 is 14.3 Å². The smallest absolute Gasteiger partial charge is 0.277 e. The van der Waals surface area contributed by atoms with Crippen LogP contribution in [0.4, 0.5) is 0 Å². The molecule has 0 atom stereocenters. The van der Waals surface area contributed by atoms with Crippen LogP contribution in [-0.2, 0) is 4.79 Å². The summed E-state index contributed by atoms with van der Waals surface area (Å²) in [5.74, 6) is 1.72. The number of para-hydroxylation sites is 1. The molecule has 1 N–H and O–H groups in total. The van der Waals surface area contributed by atoms with E-state index in [2.05, 4.69) is 10.5 Å². The Morgan fingerprint density at radius 3 is 2.12 bits per heavy atom. The highest BCUT2D eigenvalue weighted by atomic mass is 16.5. The maximum atomic E-state index is 12.0. The van der Waals surface area contributed by atoms with Crippen molar-refractivity contribution in [1.82, 2.24) is 5.43 Å². The molecule has 4 aromatic rings. The number of rotatable bonds is 8. The van der Waals surface area contributed by atoms with Gasteiger partial charge in [-0.3, -0.25) is 4.79 Å². The van der Waals surface area contributed by atoms with Gasteiger partial charge in [0.25, 0.3) is 5.91 Å². The van der Waals surface area contributed by atoms with Crippen LogP contribution in [0.25, 0.3) is 11.1 Å². The van der Waals surface area contributed by atoms with Gasteiger partial charge in [-0.05, 0) is 53.1 Å². The molecule has 0 aliphatic carbocycles. The molecule has 0 unspecified atom stereocenters. The zero-order chi connectivity index (χ0) is 22.0. The van der Waals surface area contributed by atoms with Gasteiger partial charge in [-0.15, -0.1) is 0 Å². The number of carbonyl (C=O) groups excluding carboxylic acids is 1. The van der Waals surface area contributed by atoms with Gasteiger partial charge in [0.2, 0.25) is 0 Å². The molecule has 0 aliphatic rings. The number of nitrogens with zero attached hydrogens (tertiary/aromatic N) is 1. The second-order valence-electron chi connectivity index (χ2n) is 6.96. The van der Waals surface area contributed by atoms with Crippen LogP contribution in [0.2, 0.25) is 0 Å². The average molecular weight is 422 g/mol. The summed E-state index contributed by atoms with van der Waals surface area (Å²) in [5, 5.41) is 4.00. The minimum absolute atomic E-state index is 0.126. The second-order valence-corrected chi connectivity index (χ2v) is 6.96. The number of hydrogen-bond donors (Lipinski definition) is 1. The standard InChI is InChI=1S/C27H22N2O3/c30-27(20-31-24-16-14-23(15-17-24)22-9-3-1-4-10-22)29-28-19-21-8-7-13-26(18-21)32-25-11-5-2-6-12-25/h1-19H,20H2,(H,29,30). The quantitative estimate of drug-likeness (QED) is 0.294. The minimum atomic E-state index is -0.343.